The average molecular weight is 450 g/mol. The maximum Gasteiger partial charge on any atom is 0.161 e. The Morgan fingerprint density at radius 3 is 2.48 bits per heavy atom. The van der Waals surface area contributed by atoms with Gasteiger partial charge in [0.05, 0.1) is 25.7 Å². The SMILES string of the molecule is COc1ccc(CN(CC(O)COc2ccccc2C)C2CCS(=O)(=O)C2)cc1OC. The molecule has 1 heterocycles. The molecule has 3 rings (SSSR count). The highest BCUT2D eigenvalue weighted by molar-refractivity contribution is 7.91. The number of methoxy groups -OCH3 is 2. The summed E-state index contributed by atoms with van der Waals surface area (Å²) in [6.07, 6.45) is -0.205. The Labute approximate surface area is 184 Å². The molecule has 1 aliphatic rings. The van der Waals surface area contributed by atoms with E-state index in [0.29, 0.717) is 31.0 Å². The third kappa shape index (κ3) is 6.35. The van der Waals surface area contributed by atoms with Crippen molar-refractivity contribution in [1.29, 1.82) is 0 Å². The highest BCUT2D eigenvalue weighted by atomic mass is 32.2. The Morgan fingerprint density at radius 2 is 1.84 bits per heavy atom. The van der Waals surface area contributed by atoms with Crippen LogP contribution in [0, 0.1) is 6.92 Å². The number of sulfone groups is 1. The van der Waals surface area contributed by atoms with Gasteiger partial charge in [-0.2, -0.15) is 0 Å². The second-order valence-electron chi connectivity index (χ2n) is 7.91. The van der Waals surface area contributed by atoms with E-state index in [2.05, 4.69) is 0 Å². The molecular weight excluding hydrogens is 418 g/mol. The van der Waals surface area contributed by atoms with Gasteiger partial charge in [0, 0.05) is 19.1 Å². The number of aliphatic hydroxyl groups excluding tert-OH is 1. The van der Waals surface area contributed by atoms with Gasteiger partial charge in [-0.25, -0.2) is 8.42 Å². The molecule has 31 heavy (non-hydrogen) atoms. The summed E-state index contributed by atoms with van der Waals surface area (Å²) in [7, 11) is 0.108. The summed E-state index contributed by atoms with van der Waals surface area (Å²) in [6.45, 7) is 2.88. The van der Waals surface area contributed by atoms with Gasteiger partial charge in [0.15, 0.2) is 21.3 Å². The van der Waals surface area contributed by atoms with Crippen molar-refractivity contribution >= 4 is 9.84 Å². The van der Waals surface area contributed by atoms with Crippen LogP contribution in [-0.2, 0) is 16.4 Å². The van der Waals surface area contributed by atoms with Crippen molar-refractivity contribution in [3.63, 3.8) is 0 Å². The van der Waals surface area contributed by atoms with E-state index in [1.807, 2.05) is 54.3 Å². The standard InChI is InChI=1S/C23H31NO6S/c1-17-6-4-5-7-21(17)30-15-20(25)14-24(19-10-11-31(26,27)16-19)13-18-8-9-22(28-2)23(12-18)29-3/h4-9,12,19-20,25H,10-11,13-16H2,1-3H3. The second-order valence-corrected chi connectivity index (χ2v) is 10.1. The van der Waals surface area contributed by atoms with E-state index in [0.717, 1.165) is 16.9 Å². The highest BCUT2D eigenvalue weighted by Gasteiger charge is 2.33. The maximum absolute atomic E-state index is 12.1. The smallest absolute Gasteiger partial charge is 0.161 e. The van der Waals surface area contributed by atoms with Crippen molar-refractivity contribution in [3.8, 4) is 17.2 Å². The first kappa shape index (κ1) is 23.4. The van der Waals surface area contributed by atoms with E-state index < -0.39 is 15.9 Å². The number of nitrogens with zero attached hydrogens (tertiary/aromatic N) is 1. The van der Waals surface area contributed by atoms with Gasteiger partial charge >= 0.3 is 0 Å². The molecule has 0 radical (unpaired) electrons. The van der Waals surface area contributed by atoms with Gasteiger partial charge in [-0.1, -0.05) is 24.3 Å². The Kier molecular flexibility index (Phi) is 7.80. The molecule has 7 nitrogen and oxygen atoms in total. The molecule has 2 unspecified atom stereocenters. The molecule has 8 heteroatoms. The van der Waals surface area contributed by atoms with Crippen molar-refractivity contribution < 1.29 is 27.7 Å². The highest BCUT2D eigenvalue weighted by Crippen LogP contribution is 2.29. The largest absolute Gasteiger partial charge is 0.493 e. The number of hydrogen-bond donors (Lipinski definition) is 1. The van der Waals surface area contributed by atoms with E-state index in [-0.39, 0.29) is 24.2 Å². The molecule has 2 aromatic rings. The van der Waals surface area contributed by atoms with Crippen molar-refractivity contribution in [2.45, 2.75) is 32.0 Å². The fourth-order valence-electron chi connectivity index (χ4n) is 3.85. The van der Waals surface area contributed by atoms with Crippen molar-refractivity contribution in [3.05, 3.63) is 53.6 Å². The van der Waals surface area contributed by atoms with Crippen LogP contribution in [0.15, 0.2) is 42.5 Å². The van der Waals surface area contributed by atoms with Crippen LogP contribution in [0.4, 0.5) is 0 Å². The molecule has 1 aliphatic heterocycles. The summed E-state index contributed by atoms with van der Waals surface area (Å²) < 4.78 is 40.6. The number of benzene rings is 2. The maximum atomic E-state index is 12.1. The minimum Gasteiger partial charge on any atom is -0.493 e. The van der Waals surface area contributed by atoms with Crippen LogP contribution in [-0.4, -0.2) is 69.4 Å². The predicted octanol–water partition coefficient (Wildman–Crippen LogP) is 2.44. The number of aliphatic hydroxyl groups is 1. The lowest BCUT2D eigenvalue weighted by Gasteiger charge is -2.30. The van der Waals surface area contributed by atoms with Crippen molar-refractivity contribution in [2.24, 2.45) is 0 Å². The number of para-hydroxylation sites is 1. The minimum absolute atomic E-state index is 0.103. The molecule has 1 saturated heterocycles. The number of rotatable bonds is 10. The summed E-state index contributed by atoms with van der Waals surface area (Å²) in [6, 6.07) is 13.1. The van der Waals surface area contributed by atoms with Crippen LogP contribution in [0.5, 0.6) is 17.2 Å². The minimum atomic E-state index is -3.05. The van der Waals surface area contributed by atoms with Crippen LogP contribution < -0.4 is 14.2 Å². The molecule has 0 aliphatic carbocycles. The molecule has 1 fully saturated rings. The zero-order chi connectivity index (χ0) is 22.4. The Bertz CT molecular complexity index is 978. The molecule has 2 aromatic carbocycles. The van der Waals surface area contributed by atoms with Crippen LogP contribution in [0.2, 0.25) is 0 Å². The van der Waals surface area contributed by atoms with Crippen LogP contribution in [0.1, 0.15) is 17.5 Å². The van der Waals surface area contributed by atoms with Crippen LogP contribution in [0.25, 0.3) is 0 Å². The third-order valence-electron chi connectivity index (χ3n) is 5.53. The molecule has 0 amide bonds. The lowest BCUT2D eigenvalue weighted by molar-refractivity contribution is 0.0522. The van der Waals surface area contributed by atoms with Gasteiger partial charge in [0.1, 0.15) is 18.5 Å². The molecule has 0 bridgehead atoms. The molecule has 170 valence electrons. The zero-order valence-electron chi connectivity index (χ0n) is 18.3. The topological polar surface area (TPSA) is 85.3 Å². The number of ether oxygens (including phenoxy) is 3. The first-order valence-corrected chi connectivity index (χ1v) is 12.2. The zero-order valence-corrected chi connectivity index (χ0v) is 19.1. The number of aryl methyl sites for hydroxylation is 1. The van der Waals surface area contributed by atoms with Crippen LogP contribution >= 0.6 is 0 Å². The van der Waals surface area contributed by atoms with E-state index >= 15 is 0 Å². The van der Waals surface area contributed by atoms with E-state index in [1.165, 1.54) is 0 Å². The normalized spacial score (nSPS) is 18.7. The van der Waals surface area contributed by atoms with Gasteiger partial charge in [-0.3, -0.25) is 4.90 Å². The Hall–Kier alpha value is -2.29. The molecule has 0 aromatic heterocycles. The van der Waals surface area contributed by atoms with Gasteiger partial charge in [-0.15, -0.1) is 0 Å². The summed E-state index contributed by atoms with van der Waals surface area (Å²) >= 11 is 0. The predicted molar refractivity (Wildman–Crippen MR) is 120 cm³/mol. The summed E-state index contributed by atoms with van der Waals surface area (Å²) in [4.78, 5) is 2.03. The van der Waals surface area contributed by atoms with Gasteiger partial charge in [-0.05, 0) is 42.7 Å². The Morgan fingerprint density at radius 1 is 1.10 bits per heavy atom. The fourth-order valence-corrected chi connectivity index (χ4v) is 5.61. The summed E-state index contributed by atoms with van der Waals surface area (Å²) in [5, 5.41) is 10.7. The number of hydrogen-bond acceptors (Lipinski definition) is 7. The average Bonchev–Trinajstić information content (AvgIpc) is 3.12. The Balaban J connectivity index is 1.71. The second kappa shape index (κ2) is 10.3. The summed E-state index contributed by atoms with van der Waals surface area (Å²) in [5.41, 5.74) is 1.95. The van der Waals surface area contributed by atoms with E-state index in [1.54, 1.807) is 14.2 Å². The first-order chi connectivity index (χ1) is 14.8. The van der Waals surface area contributed by atoms with Gasteiger partial charge < -0.3 is 19.3 Å². The summed E-state index contributed by atoms with van der Waals surface area (Å²) in [5.74, 6) is 2.26. The third-order valence-corrected chi connectivity index (χ3v) is 7.28. The quantitative estimate of drug-likeness (QED) is 0.596. The van der Waals surface area contributed by atoms with Crippen molar-refractivity contribution in [2.75, 3.05) is 38.9 Å². The fraction of sp³-hybridized carbons (Fsp3) is 0.478. The monoisotopic (exact) mass is 449 g/mol. The molecule has 1 N–H and O–H groups in total. The lowest BCUT2D eigenvalue weighted by Crippen LogP contribution is -2.42. The molecule has 2 atom stereocenters. The van der Waals surface area contributed by atoms with Gasteiger partial charge in [0.25, 0.3) is 0 Å². The molecular formula is C23H31NO6S. The lowest BCUT2D eigenvalue weighted by atomic mass is 10.1. The molecule has 0 saturated carbocycles. The van der Waals surface area contributed by atoms with Gasteiger partial charge in [0.2, 0.25) is 0 Å². The van der Waals surface area contributed by atoms with E-state index in [9.17, 15) is 13.5 Å². The molecule has 0 spiro atoms. The first-order valence-electron chi connectivity index (χ1n) is 10.3. The van der Waals surface area contributed by atoms with E-state index in [4.69, 9.17) is 14.2 Å². The van der Waals surface area contributed by atoms with Crippen molar-refractivity contribution in [1.82, 2.24) is 4.90 Å². The van der Waals surface area contributed by atoms with Crippen LogP contribution in [0.3, 0.4) is 0 Å².